The summed E-state index contributed by atoms with van der Waals surface area (Å²) < 4.78 is 4.93. The molecule has 96 valence electrons. The number of rotatable bonds is 6. The fourth-order valence-electron chi connectivity index (χ4n) is 2.26. The Morgan fingerprint density at radius 2 is 2.06 bits per heavy atom. The molecular formula is C14H22O3. The van der Waals surface area contributed by atoms with Crippen LogP contribution < -0.4 is 0 Å². The molecule has 0 radical (unpaired) electrons. The van der Waals surface area contributed by atoms with Gasteiger partial charge in [-0.15, -0.1) is 0 Å². The van der Waals surface area contributed by atoms with E-state index >= 15 is 0 Å². The van der Waals surface area contributed by atoms with Gasteiger partial charge >= 0.3 is 5.97 Å². The standard InChI is InChI=1S/C14H22O3/c1-4-6-7-8-11-10(3)9-12(13(11)15)14(16)17-5-2/h12H,4-9H2,1-3H3. The minimum atomic E-state index is -0.563. The number of carbonyl (C=O) groups excluding carboxylic acids is 2. The van der Waals surface area contributed by atoms with Gasteiger partial charge in [0.2, 0.25) is 0 Å². The van der Waals surface area contributed by atoms with Gasteiger partial charge in [0, 0.05) is 0 Å². The molecule has 3 heteroatoms. The third-order valence-corrected chi connectivity index (χ3v) is 3.24. The van der Waals surface area contributed by atoms with E-state index in [0.29, 0.717) is 13.0 Å². The molecule has 0 fully saturated rings. The quantitative estimate of drug-likeness (QED) is 0.406. The molecular weight excluding hydrogens is 216 g/mol. The smallest absolute Gasteiger partial charge is 0.317 e. The molecule has 1 rings (SSSR count). The zero-order chi connectivity index (χ0) is 12.8. The second-order valence-corrected chi connectivity index (χ2v) is 4.59. The summed E-state index contributed by atoms with van der Waals surface area (Å²) >= 11 is 0. The number of hydrogen-bond acceptors (Lipinski definition) is 3. The average molecular weight is 238 g/mol. The monoisotopic (exact) mass is 238 g/mol. The summed E-state index contributed by atoms with van der Waals surface area (Å²) in [5.74, 6) is -0.925. The van der Waals surface area contributed by atoms with Crippen LogP contribution in [0.5, 0.6) is 0 Å². The van der Waals surface area contributed by atoms with E-state index < -0.39 is 5.92 Å². The summed E-state index contributed by atoms with van der Waals surface area (Å²) in [4.78, 5) is 23.7. The summed E-state index contributed by atoms with van der Waals surface area (Å²) in [5.41, 5.74) is 1.95. The Kier molecular flexibility index (Phi) is 5.39. The van der Waals surface area contributed by atoms with Gasteiger partial charge < -0.3 is 4.74 Å². The fourth-order valence-corrected chi connectivity index (χ4v) is 2.26. The number of esters is 1. The third-order valence-electron chi connectivity index (χ3n) is 3.24. The van der Waals surface area contributed by atoms with E-state index in [1.165, 1.54) is 0 Å². The summed E-state index contributed by atoms with van der Waals surface area (Å²) in [5, 5.41) is 0. The van der Waals surface area contributed by atoms with Crippen LogP contribution in [0.15, 0.2) is 11.1 Å². The molecule has 0 aromatic heterocycles. The number of Topliss-reactive ketones (excluding diaryl/α,β-unsaturated/α-hetero) is 1. The zero-order valence-electron chi connectivity index (χ0n) is 11.0. The minimum absolute atomic E-state index is 0.00273. The molecule has 17 heavy (non-hydrogen) atoms. The average Bonchev–Trinajstić information content (AvgIpc) is 2.57. The highest BCUT2D eigenvalue weighted by Crippen LogP contribution is 2.32. The van der Waals surface area contributed by atoms with Crippen LogP contribution in [0, 0.1) is 5.92 Å². The first-order chi connectivity index (χ1) is 8.11. The molecule has 0 aromatic rings. The van der Waals surface area contributed by atoms with Gasteiger partial charge in [-0.2, -0.15) is 0 Å². The van der Waals surface area contributed by atoms with Crippen LogP contribution in [-0.4, -0.2) is 18.4 Å². The van der Waals surface area contributed by atoms with Crippen LogP contribution in [0.2, 0.25) is 0 Å². The van der Waals surface area contributed by atoms with Crippen molar-refractivity contribution in [2.24, 2.45) is 5.92 Å². The van der Waals surface area contributed by atoms with Gasteiger partial charge in [-0.05, 0) is 38.7 Å². The van der Waals surface area contributed by atoms with Crippen molar-refractivity contribution in [1.29, 1.82) is 0 Å². The lowest BCUT2D eigenvalue weighted by Crippen LogP contribution is -2.23. The van der Waals surface area contributed by atoms with Gasteiger partial charge in [0.1, 0.15) is 5.92 Å². The minimum Gasteiger partial charge on any atom is -0.465 e. The summed E-state index contributed by atoms with van der Waals surface area (Å²) in [6, 6.07) is 0. The Labute approximate surface area is 103 Å². The first kappa shape index (κ1) is 13.9. The number of allylic oxidation sites excluding steroid dienone is 2. The molecule has 0 bridgehead atoms. The van der Waals surface area contributed by atoms with Crippen molar-refractivity contribution >= 4 is 11.8 Å². The number of ether oxygens (including phenoxy) is 1. The first-order valence-electron chi connectivity index (χ1n) is 6.51. The van der Waals surface area contributed by atoms with E-state index in [1.807, 2.05) is 6.92 Å². The van der Waals surface area contributed by atoms with E-state index in [9.17, 15) is 9.59 Å². The second kappa shape index (κ2) is 6.58. The van der Waals surface area contributed by atoms with Crippen LogP contribution >= 0.6 is 0 Å². The molecule has 0 heterocycles. The number of carbonyl (C=O) groups is 2. The van der Waals surface area contributed by atoms with Crippen molar-refractivity contribution < 1.29 is 14.3 Å². The Hall–Kier alpha value is -1.12. The van der Waals surface area contributed by atoms with Gasteiger partial charge in [0.05, 0.1) is 6.61 Å². The van der Waals surface area contributed by atoms with Crippen molar-refractivity contribution in [2.75, 3.05) is 6.61 Å². The van der Waals surface area contributed by atoms with Crippen molar-refractivity contribution in [3.8, 4) is 0 Å². The van der Waals surface area contributed by atoms with Crippen LogP contribution in [-0.2, 0) is 14.3 Å². The highest BCUT2D eigenvalue weighted by molar-refractivity contribution is 6.11. The van der Waals surface area contributed by atoms with Crippen LogP contribution in [0.4, 0.5) is 0 Å². The predicted molar refractivity (Wildman–Crippen MR) is 66.6 cm³/mol. The molecule has 0 amide bonds. The van der Waals surface area contributed by atoms with Crippen molar-refractivity contribution in [3.63, 3.8) is 0 Å². The molecule has 0 aromatic carbocycles. The van der Waals surface area contributed by atoms with E-state index in [2.05, 4.69) is 6.92 Å². The van der Waals surface area contributed by atoms with E-state index in [4.69, 9.17) is 4.74 Å². The second-order valence-electron chi connectivity index (χ2n) is 4.59. The molecule has 0 saturated heterocycles. The van der Waals surface area contributed by atoms with Crippen LogP contribution in [0.1, 0.15) is 52.9 Å². The predicted octanol–water partition coefficient (Wildman–Crippen LogP) is 3.04. The van der Waals surface area contributed by atoms with E-state index in [-0.39, 0.29) is 11.8 Å². The maximum Gasteiger partial charge on any atom is 0.317 e. The Bertz CT molecular complexity index is 328. The number of unbranched alkanes of at least 4 members (excludes halogenated alkanes) is 2. The van der Waals surface area contributed by atoms with Gasteiger partial charge in [-0.3, -0.25) is 9.59 Å². The molecule has 0 N–H and O–H groups in total. The molecule has 1 atom stereocenters. The van der Waals surface area contributed by atoms with E-state index in [1.54, 1.807) is 6.92 Å². The maximum atomic E-state index is 12.1. The van der Waals surface area contributed by atoms with Gasteiger partial charge in [0.15, 0.2) is 5.78 Å². The number of hydrogen-bond donors (Lipinski definition) is 0. The molecule has 0 spiro atoms. The molecule has 1 aliphatic rings. The SMILES string of the molecule is CCCCCC1=C(C)CC(C(=O)OCC)C1=O. The molecule has 0 saturated carbocycles. The van der Waals surface area contributed by atoms with Gasteiger partial charge in [-0.1, -0.05) is 25.3 Å². The topological polar surface area (TPSA) is 43.4 Å². The maximum absolute atomic E-state index is 12.1. The summed E-state index contributed by atoms with van der Waals surface area (Å²) in [6.45, 7) is 6.20. The van der Waals surface area contributed by atoms with Gasteiger partial charge in [0.25, 0.3) is 0 Å². The lowest BCUT2D eigenvalue weighted by atomic mass is 10.0. The zero-order valence-corrected chi connectivity index (χ0v) is 11.0. The summed E-state index contributed by atoms with van der Waals surface area (Å²) in [6.07, 6.45) is 4.67. The van der Waals surface area contributed by atoms with Crippen molar-refractivity contribution in [2.45, 2.75) is 52.9 Å². The van der Waals surface area contributed by atoms with E-state index in [0.717, 1.165) is 36.8 Å². The third kappa shape index (κ3) is 3.42. The fraction of sp³-hybridized carbons (Fsp3) is 0.714. The molecule has 1 aliphatic carbocycles. The molecule has 3 nitrogen and oxygen atoms in total. The normalized spacial score (nSPS) is 19.9. The van der Waals surface area contributed by atoms with Crippen molar-refractivity contribution in [3.05, 3.63) is 11.1 Å². The largest absolute Gasteiger partial charge is 0.465 e. The van der Waals surface area contributed by atoms with Gasteiger partial charge in [-0.25, -0.2) is 0 Å². The Morgan fingerprint density at radius 3 is 2.65 bits per heavy atom. The number of ketones is 1. The summed E-state index contributed by atoms with van der Waals surface area (Å²) in [7, 11) is 0. The lowest BCUT2D eigenvalue weighted by Gasteiger charge is -2.08. The Balaban J connectivity index is 2.59. The highest BCUT2D eigenvalue weighted by atomic mass is 16.5. The highest BCUT2D eigenvalue weighted by Gasteiger charge is 2.36. The van der Waals surface area contributed by atoms with Crippen molar-refractivity contribution in [1.82, 2.24) is 0 Å². The first-order valence-corrected chi connectivity index (χ1v) is 6.51. The lowest BCUT2D eigenvalue weighted by molar-refractivity contribution is -0.150. The molecule has 1 unspecified atom stereocenters. The van der Waals surface area contributed by atoms with Crippen LogP contribution in [0.25, 0.3) is 0 Å². The van der Waals surface area contributed by atoms with Crippen LogP contribution in [0.3, 0.4) is 0 Å². The molecule has 0 aliphatic heterocycles. The Morgan fingerprint density at radius 1 is 1.35 bits per heavy atom.